The molecule has 0 amide bonds. The molecule has 0 aliphatic carbocycles. The summed E-state index contributed by atoms with van der Waals surface area (Å²) in [6.07, 6.45) is 0. The molecule has 2 aromatic carbocycles. The van der Waals surface area contributed by atoms with Crippen LogP contribution < -0.4 is 4.73 Å². The second-order valence-corrected chi connectivity index (χ2v) is 5.45. The Morgan fingerprint density at radius 2 is 1.43 bits per heavy atom. The second kappa shape index (κ2) is 5.25. The normalized spacial score (nSPS) is 11.0. The second-order valence-electron chi connectivity index (χ2n) is 5.45. The molecule has 0 bridgehead atoms. The zero-order valence-corrected chi connectivity index (χ0v) is 12.7. The Labute approximate surface area is 133 Å². The third kappa shape index (κ3) is 2.16. The van der Waals surface area contributed by atoms with Gasteiger partial charge in [0.05, 0.1) is 0 Å². The fraction of sp³-hybridized carbons (Fsp3) is 0.0526. The quantitative estimate of drug-likeness (QED) is 0.419. The third-order valence-electron chi connectivity index (χ3n) is 4.00. The fourth-order valence-corrected chi connectivity index (χ4v) is 2.86. The Balaban J connectivity index is 1.95. The molecule has 4 nitrogen and oxygen atoms in total. The van der Waals surface area contributed by atoms with Crippen LogP contribution in [0, 0.1) is 12.1 Å². The first-order valence-corrected chi connectivity index (χ1v) is 7.48. The highest BCUT2D eigenvalue weighted by Crippen LogP contribution is 2.23. The number of rotatable bonds is 2. The van der Waals surface area contributed by atoms with E-state index >= 15 is 0 Å². The van der Waals surface area contributed by atoms with E-state index in [9.17, 15) is 5.21 Å². The first-order chi connectivity index (χ1) is 11.3. The highest BCUT2D eigenvalue weighted by Gasteiger charge is 2.22. The number of nitrogens with zero attached hydrogens (tertiary/aromatic N) is 3. The van der Waals surface area contributed by atoms with Gasteiger partial charge in [-0.15, -0.1) is 0 Å². The number of fused-ring (bicyclic) bond motifs is 1. The van der Waals surface area contributed by atoms with Crippen LogP contribution in [0.15, 0.2) is 72.8 Å². The molecule has 4 rings (SSSR count). The molecule has 2 heterocycles. The lowest BCUT2D eigenvalue weighted by molar-refractivity contribution is -0.565. The van der Waals surface area contributed by atoms with Crippen LogP contribution >= 0.6 is 0 Å². The Morgan fingerprint density at radius 3 is 2.09 bits per heavy atom. The van der Waals surface area contributed by atoms with Gasteiger partial charge in [0.2, 0.25) is 0 Å². The molecule has 0 saturated heterocycles. The van der Waals surface area contributed by atoms with E-state index in [0.717, 1.165) is 27.2 Å². The maximum absolute atomic E-state index is 12.7. The van der Waals surface area contributed by atoms with Gasteiger partial charge in [-0.3, -0.25) is 0 Å². The van der Waals surface area contributed by atoms with Gasteiger partial charge in [-0.25, -0.2) is 4.73 Å². The summed E-state index contributed by atoms with van der Waals surface area (Å²) in [5, 5.41) is 17.3. The predicted molar refractivity (Wildman–Crippen MR) is 89.8 cm³/mol. The number of hydrogen-bond donors (Lipinski definition) is 0. The Hall–Kier alpha value is -3.14. The zero-order valence-electron chi connectivity index (χ0n) is 12.7. The molecule has 23 heavy (non-hydrogen) atoms. The molecular weight excluding hydrogens is 286 g/mol. The highest BCUT2D eigenvalue weighted by atomic mass is 16.5. The molecular formula is C19H15N3O. The lowest BCUT2D eigenvalue weighted by Gasteiger charge is -2.03. The van der Waals surface area contributed by atoms with E-state index in [4.69, 9.17) is 0 Å². The average Bonchev–Trinajstić information content (AvgIpc) is 2.87. The summed E-state index contributed by atoms with van der Waals surface area (Å²) < 4.78 is 2.67. The Kier molecular flexibility index (Phi) is 3.08. The van der Waals surface area contributed by atoms with Gasteiger partial charge in [0.25, 0.3) is 0 Å². The first-order valence-electron chi connectivity index (χ1n) is 7.48. The minimum atomic E-state index is 0.529. The topological polar surface area (TPSA) is 44.2 Å². The summed E-state index contributed by atoms with van der Waals surface area (Å²) in [7, 11) is 0. The molecule has 4 heteroatoms. The molecule has 0 aliphatic rings. The van der Waals surface area contributed by atoms with Crippen molar-refractivity contribution in [3.05, 3.63) is 83.7 Å². The highest BCUT2D eigenvalue weighted by molar-refractivity contribution is 5.63. The molecule has 0 radical (unpaired) electrons. The van der Waals surface area contributed by atoms with Crippen molar-refractivity contribution >= 4 is 5.65 Å². The van der Waals surface area contributed by atoms with Crippen molar-refractivity contribution in [2.45, 2.75) is 6.92 Å². The van der Waals surface area contributed by atoms with Gasteiger partial charge >= 0.3 is 5.65 Å². The molecule has 0 saturated carbocycles. The van der Waals surface area contributed by atoms with Gasteiger partial charge in [0.15, 0.2) is 11.4 Å². The van der Waals surface area contributed by atoms with E-state index in [0.29, 0.717) is 11.3 Å². The maximum atomic E-state index is 12.7. The number of aryl methyl sites for hydroxylation is 1. The molecule has 0 unspecified atom stereocenters. The van der Waals surface area contributed by atoms with E-state index in [2.05, 4.69) is 5.10 Å². The van der Waals surface area contributed by atoms with Crippen molar-refractivity contribution in [2.75, 3.05) is 0 Å². The van der Waals surface area contributed by atoms with E-state index in [1.165, 1.54) is 0 Å². The van der Waals surface area contributed by atoms with Crippen molar-refractivity contribution in [1.29, 1.82) is 0 Å². The van der Waals surface area contributed by atoms with Crippen molar-refractivity contribution in [3.63, 3.8) is 0 Å². The van der Waals surface area contributed by atoms with Gasteiger partial charge in [0, 0.05) is 24.1 Å². The van der Waals surface area contributed by atoms with Gasteiger partial charge < -0.3 is 5.21 Å². The minimum absolute atomic E-state index is 0.529. The van der Waals surface area contributed by atoms with Crippen LogP contribution in [-0.2, 0) is 0 Å². The third-order valence-corrected chi connectivity index (χ3v) is 4.00. The van der Waals surface area contributed by atoms with Gasteiger partial charge in [-0.2, -0.15) is 0 Å². The molecule has 4 aromatic rings. The van der Waals surface area contributed by atoms with Crippen LogP contribution in [-0.4, -0.2) is 9.61 Å². The van der Waals surface area contributed by atoms with Gasteiger partial charge in [-0.05, 0) is 6.07 Å². The van der Waals surface area contributed by atoms with Crippen molar-refractivity contribution in [3.8, 4) is 22.5 Å². The van der Waals surface area contributed by atoms with E-state index < -0.39 is 0 Å². The molecule has 0 N–H and O–H groups in total. The number of hydrogen-bond acceptors (Lipinski definition) is 2. The molecule has 0 atom stereocenters. The fourth-order valence-electron chi connectivity index (χ4n) is 2.86. The monoisotopic (exact) mass is 301 g/mol. The number of benzene rings is 2. The van der Waals surface area contributed by atoms with E-state index in [-0.39, 0.29) is 0 Å². The molecule has 0 fully saturated rings. The van der Waals surface area contributed by atoms with Crippen LogP contribution in [0.25, 0.3) is 28.2 Å². The molecule has 2 aromatic heterocycles. The van der Waals surface area contributed by atoms with Crippen LogP contribution in [0.1, 0.15) is 5.69 Å². The van der Waals surface area contributed by atoms with Crippen LogP contribution in [0.4, 0.5) is 0 Å². The largest absolute Gasteiger partial charge is 0.710 e. The summed E-state index contributed by atoms with van der Waals surface area (Å²) in [5.41, 5.74) is 4.77. The van der Waals surface area contributed by atoms with Crippen LogP contribution in [0.3, 0.4) is 0 Å². The Bertz CT molecular complexity index is 976. The summed E-state index contributed by atoms with van der Waals surface area (Å²) in [6, 6.07) is 23.3. The van der Waals surface area contributed by atoms with Crippen molar-refractivity contribution in [2.24, 2.45) is 0 Å². The van der Waals surface area contributed by atoms with Crippen LogP contribution in [0.2, 0.25) is 0 Å². The predicted octanol–water partition coefficient (Wildman–Crippen LogP) is 3.61. The summed E-state index contributed by atoms with van der Waals surface area (Å²) in [5.74, 6) is 0. The number of aromatic nitrogens is 3. The van der Waals surface area contributed by atoms with E-state index in [1.807, 2.05) is 79.7 Å². The van der Waals surface area contributed by atoms with Crippen molar-refractivity contribution < 1.29 is 4.73 Å². The minimum Gasteiger partial charge on any atom is -0.710 e. The number of imidazole rings is 1. The van der Waals surface area contributed by atoms with E-state index in [1.54, 1.807) is 4.52 Å². The molecule has 112 valence electrons. The summed E-state index contributed by atoms with van der Waals surface area (Å²) in [6.45, 7) is 1.92. The lowest BCUT2D eigenvalue weighted by atomic mass is 10.1. The van der Waals surface area contributed by atoms with Gasteiger partial charge in [-0.1, -0.05) is 70.3 Å². The molecule has 0 spiro atoms. The lowest BCUT2D eigenvalue weighted by Crippen LogP contribution is -2.27. The SMILES string of the molecule is Cc1c(-c2ccccc2)[n+]([O-])c2ccc(-c3ccccc3)nn12. The average molecular weight is 301 g/mol. The van der Waals surface area contributed by atoms with Crippen molar-refractivity contribution in [1.82, 2.24) is 9.61 Å². The maximum Gasteiger partial charge on any atom is 0.310 e. The Morgan fingerprint density at radius 1 is 0.826 bits per heavy atom. The van der Waals surface area contributed by atoms with Crippen LogP contribution in [0.5, 0.6) is 0 Å². The molecule has 0 aliphatic heterocycles. The summed E-state index contributed by atoms with van der Waals surface area (Å²) >= 11 is 0. The smallest absolute Gasteiger partial charge is 0.310 e. The zero-order chi connectivity index (χ0) is 15.8. The summed E-state index contributed by atoms with van der Waals surface area (Å²) in [4.78, 5) is 0. The van der Waals surface area contributed by atoms with Gasteiger partial charge in [0.1, 0.15) is 5.69 Å². The standard InChI is InChI=1S/C19H15N3O/c1-14-19(16-10-6-3-7-11-16)22(23)18-13-12-17(20-21(14)18)15-8-4-2-5-9-15/h2-13H,1H3. The first kappa shape index (κ1) is 13.5.